The van der Waals surface area contributed by atoms with Crippen LogP contribution in [0, 0.1) is 0 Å². The Balaban J connectivity index is 1.70. The van der Waals surface area contributed by atoms with Crippen molar-refractivity contribution in [1.82, 2.24) is 9.62 Å². The summed E-state index contributed by atoms with van der Waals surface area (Å²) in [7, 11) is -3.15. The molecule has 0 atom stereocenters. The van der Waals surface area contributed by atoms with Gasteiger partial charge in [-0.15, -0.1) is 0 Å². The lowest BCUT2D eigenvalue weighted by Crippen LogP contribution is -2.40. The van der Waals surface area contributed by atoms with Crippen molar-refractivity contribution in [2.45, 2.75) is 25.7 Å². The molecule has 1 N–H and O–H groups in total. The standard InChI is InChI=1S/C15H21ClN2O3S/c16-14-5-3-4-13(12-14)6-8-17-15(19)7-10-18-9-1-2-11-22(18,20)21/h3-5,12H,1-2,6-11H2,(H,17,19). The molecule has 0 aromatic heterocycles. The molecular formula is C15H21ClN2O3S. The van der Waals surface area contributed by atoms with Gasteiger partial charge in [-0.3, -0.25) is 4.79 Å². The maximum Gasteiger partial charge on any atom is 0.221 e. The molecule has 1 aliphatic rings. The average molecular weight is 345 g/mol. The van der Waals surface area contributed by atoms with Crippen LogP contribution in [0.5, 0.6) is 0 Å². The summed E-state index contributed by atoms with van der Waals surface area (Å²) < 4.78 is 25.0. The van der Waals surface area contributed by atoms with Crippen LogP contribution in [0.3, 0.4) is 0 Å². The predicted octanol–water partition coefficient (Wildman–Crippen LogP) is 1.81. The number of benzene rings is 1. The number of hydrogen-bond acceptors (Lipinski definition) is 3. The Morgan fingerprint density at radius 1 is 1.32 bits per heavy atom. The van der Waals surface area contributed by atoms with E-state index in [2.05, 4.69) is 5.32 Å². The first-order valence-electron chi connectivity index (χ1n) is 7.46. The summed E-state index contributed by atoms with van der Waals surface area (Å²) in [6.45, 7) is 1.31. The van der Waals surface area contributed by atoms with E-state index < -0.39 is 10.0 Å². The molecule has 1 aromatic carbocycles. The van der Waals surface area contributed by atoms with E-state index >= 15 is 0 Å². The molecule has 122 valence electrons. The van der Waals surface area contributed by atoms with Crippen LogP contribution in [0.25, 0.3) is 0 Å². The zero-order chi connectivity index (χ0) is 16.0. The van der Waals surface area contributed by atoms with Gasteiger partial charge in [0, 0.05) is 31.1 Å². The van der Waals surface area contributed by atoms with E-state index in [1.165, 1.54) is 4.31 Å². The van der Waals surface area contributed by atoms with Crippen molar-refractivity contribution in [2.75, 3.05) is 25.4 Å². The quantitative estimate of drug-likeness (QED) is 0.856. The number of nitrogens with zero attached hydrogens (tertiary/aromatic N) is 1. The topological polar surface area (TPSA) is 66.5 Å². The van der Waals surface area contributed by atoms with Crippen molar-refractivity contribution < 1.29 is 13.2 Å². The van der Waals surface area contributed by atoms with E-state index in [1.807, 2.05) is 24.3 Å². The summed E-state index contributed by atoms with van der Waals surface area (Å²) in [4.78, 5) is 11.8. The van der Waals surface area contributed by atoms with Crippen LogP contribution >= 0.6 is 11.6 Å². The van der Waals surface area contributed by atoms with E-state index in [0.717, 1.165) is 12.0 Å². The second kappa shape index (κ2) is 7.94. The Morgan fingerprint density at radius 2 is 2.14 bits per heavy atom. The highest BCUT2D eigenvalue weighted by atomic mass is 35.5. The SMILES string of the molecule is O=C(CCN1CCCCS1(=O)=O)NCCc1cccc(Cl)c1. The summed E-state index contributed by atoms with van der Waals surface area (Å²) in [5, 5.41) is 3.49. The number of sulfonamides is 1. The van der Waals surface area contributed by atoms with Crippen LogP contribution in [0.4, 0.5) is 0 Å². The van der Waals surface area contributed by atoms with Gasteiger partial charge >= 0.3 is 0 Å². The molecule has 1 heterocycles. The van der Waals surface area contributed by atoms with Gasteiger partial charge in [0.05, 0.1) is 5.75 Å². The molecule has 0 bridgehead atoms. The van der Waals surface area contributed by atoms with Gasteiger partial charge in [-0.2, -0.15) is 0 Å². The lowest BCUT2D eigenvalue weighted by molar-refractivity contribution is -0.121. The van der Waals surface area contributed by atoms with Crippen molar-refractivity contribution in [3.8, 4) is 0 Å². The van der Waals surface area contributed by atoms with Gasteiger partial charge in [0.2, 0.25) is 15.9 Å². The third-order valence-electron chi connectivity index (χ3n) is 3.67. The third kappa shape index (κ3) is 5.26. The number of hydrogen-bond donors (Lipinski definition) is 1. The fourth-order valence-corrected chi connectivity index (χ4v) is 4.26. The zero-order valence-corrected chi connectivity index (χ0v) is 14.0. The smallest absolute Gasteiger partial charge is 0.221 e. The first-order chi connectivity index (χ1) is 10.5. The normalized spacial score (nSPS) is 18.0. The lowest BCUT2D eigenvalue weighted by Gasteiger charge is -2.25. The highest BCUT2D eigenvalue weighted by Gasteiger charge is 2.25. The highest BCUT2D eigenvalue weighted by molar-refractivity contribution is 7.89. The molecule has 7 heteroatoms. The molecule has 2 rings (SSSR count). The molecule has 1 aromatic rings. The first-order valence-corrected chi connectivity index (χ1v) is 9.45. The first kappa shape index (κ1) is 17.2. The summed E-state index contributed by atoms with van der Waals surface area (Å²) in [6.07, 6.45) is 2.49. The minimum Gasteiger partial charge on any atom is -0.356 e. The van der Waals surface area contributed by atoms with Crippen molar-refractivity contribution in [3.05, 3.63) is 34.9 Å². The molecule has 0 saturated carbocycles. The summed E-state index contributed by atoms with van der Waals surface area (Å²) in [6, 6.07) is 7.51. The summed E-state index contributed by atoms with van der Waals surface area (Å²) >= 11 is 5.90. The van der Waals surface area contributed by atoms with E-state index in [9.17, 15) is 13.2 Å². The minimum atomic E-state index is -3.15. The molecule has 5 nitrogen and oxygen atoms in total. The summed E-state index contributed by atoms with van der Waals surface area (Å²) in [5.41, 5.74) is 1.06. The van der Waals surface area contributed by atoms with Gasteiger partial charge in [-0.05, 0) is 37.0 Å². The molecule has 0 unspecified atom stereocenters. The fraction of sp³-hybridized carbons (Fsp3) is 0.533. The summed E-state index contributed by atoms with van der Waals surface area (Å²) in [5.74, 6) is 0.0754. The zero-order valence-electron chi connectivity index (χ0n) is 12.4. The Labute approximate surface area is 136 Å². The predicted molar refractivity (Wildman–Crippen MR) is 87.4 cm³/mol. The molecule has 0 spiro atoms. The Kier molecular flexibility index (Phi) is 6.23. The largest absolute Gasteiger partial charge is 0.356 e. The van der Waals surface area contributed by atoms with E-state index in [0.29, 0.717) is 31.0 Å². The van der Waals surface area contributed by atoms with Crippen molar-refractivity contribution in [3.63, 3.8) is 0 Å². The van der Waals surface area contributed by atoms with E-state index in [-0.39, 0.29) is 24.6 Å². The number of carbonyl (C=O) groups is 1. The van der Waals surface area contributed by atoms with Crippen LogP contribution in [0.2, 0.25) is 5.02 Å². The van der Waals surface area contributed by atoms with Crippen LogP contribution in [-0.4, -0.2) is 44.0 Å². The fourth-order valence-electron chi connectivity index (χ4n) is 2.45. The van der Waals surface area contributed by atoms with Crippen molar-refractivity contribution in [2.24, 2.45) is 0 Å². The Morgan fingerprint density at radius 3 is 2.86 bits per heavy atom. The van der Waals surface area contributed by atoms with E-state index in [1.54, 1.807) is 0 Å². The Bertz CT molecular complexity index is 619. The average Bonchev–Trinajstić information content (AvgIpc) is 2.46. The number of halogens is 1. The van der Waals surface area contributed by atoms with Gasteiger partial charge in [0.15, 0.2) is 0 Å². The van der Waals surface area contributed by atoms with Gasteiger partial charge in [0.25, 0.3) is 0 Å². The molecule has 1 aliphatic heterocycles. The maximum atomic E-state index is 11.8. The molecule has 0 radical (unpaired) electrons. The third-order valence-corrected chi connectivity index (χ3v) is 5.86. The number of nitrogens with one attached hydrogen (secondary N) is 1. The molecular weight excluding hydrogens is 324 g/mol. The van der Waals surface area contributed by atoms with Gasteiger partial charge in [0.1, 0.15) is 0 Å². The molecule has 1 fully saturated rings. The minimum absolute atomic E-state index is 0.122. The van der Waals surface area contributed by atoms with Gasteiger partial charge in [-0.1, -0.05) is 23.7 Å². The van der Waals surface area contributed by atoms with Gasteiger partial charge < -0.3 is 5.32 Å². The molecule has 1 saturated heterocycles. The lowest BCUT2D eigenvalue weighted by atomic mass is 10.1. The molecule has 0 aliphatic carbocycles. The molecule has 22 heavy (non-hydrogen) atoms. The Hall–Kier alpha value is -1.11. The van der Waals surface area contributed by atoms with Gasteiger partial charge in [-0.25, -0.2) is 12.7 Å². The maximum absolute atomic E-state index is 11.8. The number of rotatable bonds is 6. The van der Waals surface area contributed by atoms with Crippen molar-refractivity contribution in [1.29, 1.82) is 0 Å². The van der Waals surface area contributed by atoms with Crippen molar-refractivity contribution >= 4 is 27.5 Å². The molecule has 1 amide bonds. The van der Waals surface area contributed by atoms with Crippen LogP contribution in [-0.2, 0) is 21.2 Å². The monoisotopic (exact) mass is 344 g/mol. The van der Waals surface area contributed by atoms with E-state index in [4.69, 9.17) is 11.6 Å². The van der Waals surface area contributed by atoms with Crippen LogP contribution < -0.4 is 5.32 Å². The van der Waals surface area contributed by atoms with Crippen LogP contribution in [0.1, 0.15) is 24.8 Å². The number of carbonyl (C=O) groups excluding carboxylic acids is 1. The highest BCUT2D eigenvalue weighted by Crippen LogP contribution is 2.13. The second-order valence-corrected chi connectivity index (χ2v) is 7.93. The van der Waals surface area contributed by atoms with Crippen LogP contribution in [0.15, 0.2) is 24.3 Å². The number of amides is 1. The second-order valence-electron chi connectivity index (χ2n) is 5.40.